The molecule has 0 saturated carbocycles. The summed E-state index contributed by atoms with van der Waals surface area (Å²) in [7, 11) is 0. The fourth-order valence-corrected chi connectivity index (χ4v) is 1.39. The van der Waals surface area contributed by atoms with Crippen molar-refractivity contribution in [1.82, 2.24) is 4.98 Å². The van der Waals surface area contributed by atoms with Crippen molar-refractivity contribution in [2.75, 3.05) is 0 Å². The van der Waals surface area contributed by atoms with E-state index in [1.54, 1.807) is 0 Å². The molecule has 1 aromatic heterocycles. The van der Waals surface area contributed by atoms with Crippen LogP contribution in [0.4, 0.5) is 0 Å². The molecule has 14 heavy (non-hydrogen) atoms. The maximum Gasteiger partial charge on any atom is 0.0303 e. The fourth-order valence-electron chi connectivity index (χ4n) is 1.39. The zero-order valence-corrected chi connectivity index (χ0v) is 9.16. The second-order valence-corrected chi connectivity index (χ2v) is 3.63. The number of aromatic nitrogens is 1. The molecule has 76 valence electrons. The van der Waals surface area contributed by atoms with Crippen molar-refractivity contribution in [3.05, 3.63) is 35.7 Å². The van der Waals surface area contributed by atoms with Crippen LogP contribution in [-0.2, 0) is 0 Å². The molecule has 0 fully saturated rings. The van der Waals surface area contributed by atoms with E-state index in [0.717, 1.165) is 0 Å². The molecule has 0 N–H and O–H groups in total. The van der Waals surface area contributed by atoms with Gasteiger partial charge in [-0.25, -0.2) is 0 Å². The van der Waals surface area contributed by atoms with Crippen LogP contribution in [0.2, 0.25) is 0 Å². The molecule has 1 heteroatoms. The van der Waals surface area contributed by atoms with Gasteiger partial charge in [0.1, 0.15) is 0 Å². The summed E-state index contributed by atoms with van der Waals surface area (Å²) in [5, 5.41) is 0. The molecule has 0 amide bonds. The lowest BCUT2D eigenvalue weighted by Crippen LogP contribution is -1.81. The predicted molar refractivity (Wildman–Crippen MR) is 62.2 cm³/mol. The number of aryl methyl sites for hydroxylation is 1. The summed E-state index contributed by atoms with van der Waals surface area (Å²) in [4.78, 5) is 4.07. The smallest absolute Gasteiger partial charge is 0.0303 e. The monoisotopic (exact) mass is 189 g/mol. The first kappa shape index (κ1) is 11.0. The molecule has 0 spiro atoms. The van der Waals surface area contributed by atoms with E-state index in [2.05, 4.69) is 37.0 Å². The van der Waals surface area contributed by atoms with E-state index in [9.17, 15) is 0 Å². The van der Waals surface area contributed by atoms with Crippen molar-refractivity contribution in [3.8, 4) is 0 Å². The van der Waals surface area contributed by atoms with Crippen molar-refractivity contribution in [2.45, 2.75) is 39.5 Å². The van der Waals surface area contributed by atoms with Gasteiger partial charge in [-0.15, -0.1) is 0 Å². The van der Waals surface area contributed by atoms with Gasteiger partial charge in [-0.2, -0.15) is 0 Å². The van der Waals surface area contributed by atoms with Gasteiger partial charge >= 0.3 is 0 Å². The van der Waals surface area contributed by atoms with Crippen LogP contribution in [0.5, 0.6) is 0 Å². The summed E-state index contributed by atoms with van der Waals surface area (Å²) in [5.74, 6) is 0. The lowest BCUT2D eigenvalue weighted by molar-refractivity contribution is 0.730. The molecule has 0 radical (unpaired) electrons. The van der Waals surface area contributed by atoms with Gasteiger partial charge in [-0.05, 0) is 37.0 Å². The molecular weight excluding hydrogens is 170 g/mol. The average Bonchev–Trinajstić information content (AvgIpc) is 2.20. The summed E-state index contributed by atoms with van der Waals surface area (Å²) < 4.78 is 0. The molecule has 0 aliphatic rings. The van der Waals surface area contributed by atoms with Crippen LogP contribution < -0.4 is 0 Å². The van der Waals surface area contributed by atoms with Gasteiger partial charge in [-0.1, -0.05) is 31.9 Å². The van der Waals surface area contributed by atoms with E-state index < -0.39 is 0 Å². The lowest BCUT2D eigenvalue weighted by atomic mass is 10.1. The van der Waals surface area contributed by atoms with E-state index in [1.165, 1.54) is 36.8 Å². The van der Waals surface area contributed by atoms with Crippen LogP contribution in [-0.4, -0.2) is 4.98 Å². The highest BCUT2D eigenvalue weighted by Crippen LogP contribution is 2.08. The standard InChI is InChI=1S/C13H19N/c1-3-4-5-6-7-8-13-9-10-14-11-12(13)2/h7-11H,3-6H2,1-2H3/b8-7+. The van der Waals surface area contributed by atoms with E-state index in [-0.39, 0.29) is 0 Å². The molecular formula is C13H19N. The Morgan fingerprint density at radius 2 is 2.21 bits per heavy atom. The highest BCUT2D eigenvalue weighted by atomic mass is 14.6. The van der Waals surface area contributed by atoms with Crippen molar-refractivity contribution >= 4 is 6.08 Å². The Morgan fingerprint density at radius 1 is 1.36 bits per heavy atom. The third-order valence-electron chi connectivity index (χ3n) is 2.34. The van der Waals surface area contributed by atoms with Crippen molar-refractivity contribution in [1.29, 1.82) is 0 Å². The molecule has 0 aromatic carbocycles. The van der Waals surface area contributed by atoms with E-state index in [4.69, 9.17) is 0 Å². The predicted octanol–water partition coefficient (Wildman–Crippen LogP) is 3.98. The zero-order chi connectivity index (χ0) is 10.2. The van der Waals surface area contributed by atoms with Gasteiger partial charge in [0.2, 0.25) is 0 Å². The van der Waals surface area contributed by atoms with E-state index in [0.29, 0.717) is 0 Å². The van der Waals surface area contributed by atoms with Crippen LogP contribution in [0, 0.1) is 6.92 Å². The van der Waals surface area contributed by atoms with Gasteiger partial charge < -0.3 is 0 Å². The molecule has 0 atom stereocenters. The molecule has 1 heterocycles. The fraction of sp³-hybridized carbons (Fsp3) is 0.462. The highest BCUT2D eigenvalue weighted by Gasteiger charge is 1.90. The second kappa shape index (κ2) is 6.36. The largest absolute Gasteiger partial charge is 0.264 e. The minimum atomic E-state index is 1.19. The molecule has 1 aromatic rings. The lowest BCUT2D eigenvalue weighted by Gasteiger charge is -1.97. The molecule has 0 aliphatic heterocycles. The van der Waals surface area contributed by atoms with Gasteiger partial charge in [0.25, 0.3) is 0 Å². The molecule has 0 bridgehead atoms. The summed E-state index contributed by atoms with van der Waals surface area (Å²) >= 11 is 0. The summed E-state index contributed by atoms with van der Waals surface area (Å²) in [5.41, 5.74) is 2.54. The molecule has 1 rings (SSSR count). The number of nitrogens with zero attached hydrogens (tertiary/aromatic N) is 1. The Morgan fingerprint density at radius 3 is 2.93 bits per heavy atom. The Kier molecular flexibility index (Phi) is 4.98. The molecule has 1 nitrogen and oxygen atoms in total. The zero-order valence-electron chi connectivity index (χ0n) is 9.16. The molecule has 0 saturated heterocycles. The quantitative estimate of drug-likeness (QED) is 0.638. The Bertz CT molecular complexity index is 289. The molecule has 0 unspecified atom stereocenters. The normalized spacial score (nSPS) is 11.0. The maximum absolute atomic E-state index is 4.07. The number of hydrogen-bond acceptors (Lipinski definition) is 1. The van der Waals surface area contributed by atoms with Crippen LogP contribution in [0.25, 0.3) is 6.08 Å². The van der Waals surface area contributed by atoms with E-state index in [1.807, 2.05) is 12.4 Å². The van der Waals surface area contributed by atoms with Crippen LogP contribution in [0.15, 0.2) is 24.5 Å². The van der Waals surface area contributed by atoms with Crippen molar-refractivity contribution in [3.63, 3.8) is 0 Å². The van der Waals surface area contributed by atoms with Crippen molar-refractivity contribution in [2.24, 2.45) is 0 Å². The van der Waals surface area contributed by atoms with Crippen LogP contribution in [0.3, 0.4) is 0 Å². The highest BCUT2D eigenvalue weighted by molar-refractivity contribution is 5.52. The SMILES string of the molecule is CCCCC/C=C/c1ccncc1C. The number of unbranched alkanes of at least 4 members (excludes halogenated alkanes) is 3. The first-order chi connectivity index (χ1) is 6.84. The van der Waals surface area contributed by atoms with E-state index >= 15 is 0 Å². The van der Waals surface area contributed by atoms with Gasteiger partial charge in [0, 0.05) is 12.4 Å². The third-order valence-corrected chi connectivity index (χ3v) is 2.34. The Hall–Kier alpha value is -1.11. The molecule has 0 aliphatic carbocycles. The number of allylic oxidation sites excluding steroid dienone is 1. The number of rotatable bonds is 5. The van der Waals surface area contributed by atoms with Crippen LogP contribution in [0.1, 0.15) is 43.7 Å². The second-order valence-electron chi connectivity index (χ2n) is 3.63. The van der Waals surface area contributed by atoms with Gasteiger partial charge in [-0.3, -0.25) is 4.98 Å². The maximum atomic E-state index is 4.07. The van der Waals surface area contributed by atoms with Gasteiger partial charge in [0.15, 0.2) is 0 Å². The average molecular weight is 189 g/mol. The summed E-state index contributed by atoms with van der Waals surface area (Å²) in [6.45, 7) is 4.33. The minimum absolute atomic E-state index is 1.19. The van der Waals surface area contributed by atoms with Crippen LogP contribution >= 0.6 is 0 Å². The number of hydrogen-bond donors (Lipinski definition) is 0. The first-order valence-electron chi connectivity index (χ1n) is 5.41. The minimum Gasteiger partial charge on any atom is -0.264 e. The number of pyridine rings is 1. The third kappa shape index (κ3) is 3.73. The first-order valence-corrected chi connectivity index (χ1v) is 5.41. The van der Waals surface area contributed by atoms with Gasteiger partial charge in [0.05, 0.1) is 0 Å². The Labute approximate surface area is 86.9 Å². The summed E-state index contributed by atoms with van der Waals surface area (Å²) in [6.07, 6.45) is 13.3. The Balaban J connectivity index is 2.40. The topological polar surface area (TPSA) is 12.9 Å². The van der Waals surface area contributed by atoms with Crippen molar-refractivity contribution < 1.29 is 0 Å². The summed E-state index contributed by atoms with van der Waals surface area (Å²) in [6, 6.07) is 2.06.